The standard InChI is InChI=1S/C16H23N3O2.2C2HF3O2/c1-2-3-4-16(20)18-13-15(14-5-7-17-8-6-14)19-9-11-21-12-10-19;2*3-2(4,5)1(6)7/h2-3,5-8,15H,4,9-13H2,1H3,(H,18,20);2*(H,6,7). The van der Waals surface area contributed by atoms with Crippen LogP contribution in [0.3, 0.4) is 0 Å². The fourth-order valence-electron chi connectivity index (χ4n) is 2.44. The highest BCUT2D eigenvalue weighted by Gasteiger charge is 2.38. The van der Waals surface area contributed by atoms with E-state index in [1.54, 1.807) is 12.4 Å². The Bertz CT molecular complexity index is 788. The molecule has 2 rings (SSSR count). The molecule has 0 bridgehead atoms. The van der Waals surface area contributed by atoms with Crippen LogP contribution in [0.2, 0.25) is 0 Å². The molecule has 1 aliphatic heterocycles. The van der Waals surface area contributed by atoms with Crippen LogP contribution in [-0.2, 0) is 19.1 Å². The number of pyridine rings is 1. The van der Waals surface area contributed by atoms with E-state index in [1.807, 2.05) is 31.2 Å². The minimum absolute atomic E-state index is 0.0559. The summed E-state index contributed by atoms with van der Waals surface area (Å²) in [5.41, 5.74) is 1.18. The van der Waals surface area contributed by atoms with E-state index in [0.29, 0.717) is 13.0 Å². The number of alkyl halides is 6. The first kappa shape index (κ1) is 31.8. The molecule has 0 saturated carbocycles. The lowest BCUT2D eigenvalue weighted by atomic mass is 10.1. The van der Waals surface area contributed by atoms with Crippen molar-refractivity contribution in [2.75, 3.05) is 32.8 Å². The van der Waals surface area contributed by atoms with Gasteiger partial charge in [-0.2, -0.15) is 26.3 Å². The van der Waals surface area contributed by atoms with Gasteiger partial charge in [0.1, 0.15) is 0 Å². The Morgan fingerprint density at radius 1 is 1.06 bits per heavy atom. The van der Waals surface area contributed by atoms with Gasteiger partial charge in [0.05, 0.1) is 19.3 Å². The Kier molecular flexibility index (Phi) is 14.2. The number of rotatable bonds is 6. The van der Waals surface area contributed by atoms with Gasteiger partial charge in [-0.1, -0.05) is 12.2 Å². The molecule has 0 aromatic carbocycles. The van der Waals surface area contributed by atoms with Crippen molar-refractivity contribution in [2.45, 2.75) is 31.7 Å². The Labute approximate surface area is 196 Å². The number of allylic oxidation sites excluding steroid dienone is 1. The van der Waals surface area contributed by atoms with E-state index in [0.717, 1.165) is 26.3 Å². The molecule has 1 amide bonds. The number of carbonyl (C=O) groups is 3. The third kappa shape index (κ3) is 14.6. The van der Waals surface area contributed by atoms with Crippen molar-refractivity contribution in [1.29, 1.82) is 0 Å². The normalized spacial score (nSPS) is 15.2. The van der Waals surface area contributed by atoms with Crippen LogP contribution < -0.4 is 5.32 Å². The minimum Gasteiger partial charge on any atom is -0.475 e. The molecule has 198 valence electrons. The van der Waals surface area contributed by atoms with Crippen LogP contribution in [0, 0.1) is 0 Å². The third-order valence-electron chi connectivity index (χ3n) is 4.09. The molecule has 1 fully saturated rings. The quantitative estimate of drug-likeness (QED) is 0.388. The molecule has 3 N–H and O–H groups in total. The maximum Gasteiger partial charge on any atom is 0.490 e. The van der Waals surface area contributed by atoms with Gasteiger partial charge in [-0.3, -0.25) is 14.7 Å². The molecule has 0 aliphatic carbocycles. The van der Waals surface area contributed by atoms with Crippen LogP contribution in [0.15, 0.2) is 36.7 Å². The minimum atomic E-state index is -5.08. The van der Waals surface area contributed by atoms with E-state index in [-0.39, 0.29) is 11.9 Å². The number of amides is 1. The zero-order valence-corrected chi connectivity index (χ0v) is 18.5. The summed E-state index contributed by atoms with van der Waals surface area (Å²) in [5, 5.41) is 17.3. The number of nitrogens with one attached hydrogen (secondary N) is 1. The number of ether oxygens (including phenoxy) is 1. The predicted molar refractivity (Wildman–Crippen MR) is 109 cm³/mol. The highest BCUT2D eigenvalue weighted by Crippen LogP contribution is 2.20. The summed E-state index contributed by atoms with van der Waals surface area (Å²) in [6.45, 7) is 5.79. The molecular formula is C20H25F6N3O6. The van der Waals surface area contributed by atoms with Crippen molar-refractivity contribution in [3.63, 3.8) is 0 Å². The van der Waals surface area contributed by atoms with Gasteiger partial charge in [0.2, 0.25) is 5.91 Å². The van der Waals surface area contributed by atoms with Crippen molar-refractivity contribution >= 4 is 17.8 Å². The van der Waals surface area contributed by atoms with Crippen LogP contribution in [0.5, 0.6) is 0 Å². The summed E-state index contributed by atoms with van der Waals surface area (Å²) >= 11 is 0. The molecule has 1 aliphatic rings. The second-order valence-electron chi connectivity index (χ2n) is 6.63. The average Bonchev–Trinajstić information content (AvgIpc) is 2.79. The molecule has 1 aromatic heterocycles. The molecule has 9 nitrogen and oxygen atoms in total. The van der Waals surface area contributed by atoms with Crippen molar-refractivity contribution in [3.8, 4) is 0 Å². The SMILES string of the molecule is CC=CCC(=O)NCC(c1ccncc1)N1CCOCC1.O=C(O)C(F)(F)F.O=C(O)C(F)(F)F. The first-order valence-electron chi connectivity index (χ1n) is 9.89. The molecule has 0 radical (unpaired) electrons. The first-order valence-corrected chi connectivity index (χ1v) is 9.89. The van der Waals surface area contributed by atoms with Gasteiger partial charge in [0.15, 0.2) is 0 Å². The molecule has 1 unspecified atom stereocenters. The zero-order valence-electron chi connectivity index (χ0n) is 18.5. The summed E-state index contributed by atoms with van der Waals surface area (Å²) < 4.78 is 68.9. The number of carbonyl (C=O) groups excluding carboxylic acids is 1. The molecule has 35 heavy (non-hydrogen) atoms. The first-order chi connectivity index (χ1) is 16.2. The number of aliphatic carboxylic acids is 2. The van der Waals surface area contributed by atoms with E-state index in [1.165, 1.54) is 5.56 Å². The number of morpholine rings is 1. The van der Waals surface area contributed by atoms with Gasteiger partial charge in [0.25, 0.3) is 0 Å². The molecule has 15 heteroatoms. The number of aromatic nitrogens is 1. The number of hydrogen-bond acceptors (Lipinski definition) is 6. The molecule has 1 aromatic rings. The lowest BCUT2D eigenvalue weighted by Gasteiger charge is -2.34. The molecule has 2 heterocycles. The Balaban J connectivity index is 0.000000680. The van der Waals surface area contributed by atoms with Crippen LogP contribution in [0.1, 0.15) is 24.9 Å². The maximum absolute atomic E-state index is 11.8. The number of carboxylic acids is 2. The van der Waals surface area contributed by atoms with Crippen molar-refractivity contribution in [2.24, 2.45) is 0 Å². The number of nitrogens with zero attached hydrogens (tertiary/aromatic N) is 2. The molecular weight excluding hydrogens is 492 g/mol. The summed E-state index contributed by atoms with van der Waals surface area (Å²) in [6.07, 6.45) is -2.38. The maximum atomic E-state index is 11.8. The highest BCUT2D eigenvalue weighted by molar-refractivity contribution is 5.77. The number of hydrogen-bond donors (Lipinski definition) is 3. The van der Waals surface area contributed by atoms with E-state index in [4.69, 9.17) is 24.5 Å². The van der Waals surface area contributed by atoms with Gasteiger partial charge in [0, 0.05) is 38.4 Å². The lowest BCUT2D eigenvalue weighted by molar-refractivity contribution is -0.193. The smallest absolute Gasteiger partial charge is 0.475 e. The largest absolute Gasteiger partial charge is 0.490 e. The lowest BCUT2D eigenvalue weighted by Crippen LogP contribution is -2.43. The molecule has 0 spiro atoms. The Morgan fingerprint density at radius 3 is 1.91 bits per heavy atom. The molecule has 1 saturated heterocycles. The second kappa shape index (κ2) is 15.7. The predicted octanol–water partition coefficient (Wildman–Crippen LogP) is 2.80. The molecule has 1 atom stereocenters. The van der Waals surface area contributed by atoms with Crippen molar-refractivity contribution in [1.82, 2.24) is 15.2 Å². The third-order valence-corrected chi connectivity index (χ3v) is 4.09. The van der Waals surface area contributed by atoms with Crippen molar-refractivity contribution in [3.05, 3.63) is 42.2 Å². The monoisotopic (exact) mass is 517 g/mol. The van der Waals surface area contributed by atoms with Crippen LogP contribution in [0.4, 0.5) is 26.3 Å². The topological polar surface area (TPSA) is 129 Å². The average molecular weight is 517 g/mol. The number of halogens is 6. The van der Waals surface area contributed by atoms with E-state index in [9.17, 15) is 31.1 Å². The van der Waals surface area contributed by atoms with E-state index >= 15 is 0 Å². The fraction of sp³-hybridized carbons (Fsp3) is 0.500. The summed E-state index contributed by atoms with van der Waals surface area (Å²) in [6, 6.07) is 4.20. The van der Waals surface area contributed by atoms with E-state index in [2.05, 4.69) is 15.2 Å². The number of carboxylic acid groups (broad SMARTS) is 2. The Hall–Kier alpha value is -3.20. The van der Waals surface area contributed by atoms with Gasteiger partial charge >= 0.3 is 24.3 Å². The van der Waals surface area contributed by atoms with E-state index < -0.39 is 24.3 Å². The van der Waals surface area contributed by atoms with Gasteiger partial charge in [-0.15, -0.1) is 0 Å². The van der Waals surface area contributed by atoms with Crippen LogP contribution >= 0.6 is 0 Å². The van der Waals surface area contributed by atoms with Crippen LogP contribution in [0.25, 0.3) is 0 Å². The summed E-state index contributed by atoms with van der Waals surface area (Å²) in [5.74, 6) is -5.46. The van der Waals surface area contributed by atoms with Gasteiger partial charge in [-0.05, 0) is 24.6 Å². The Morgan fingerprint density at radius 2 is 1.51 bits per heavy atom. The summed E-state index contributed by atoms with van der Waals surface area (Å²) in [7, 11) is 0. The highest BCUT2D eigenvalue weighted by atomic mass is 19.4. The second-order valence-corrected chi connectivity index (χ2v) is 6.63. The summed E-state index contributed by atoms with van der Waals surface area (Å²) in [4.78, 5) is 36.0. The van der Waals surface area contributed by atoms with Crippen LogP contribution in [-0.4, -0.2) is 83.1 Å². The van der Waals surface area contributed by atoms with Gasteiger partial charge in [-0.25, -0.2) is 9.59 Å². The fourth-order valence-corrected chi connectivity index (χ4v) is 2.44. The zero-order chi connectivity index (χ0) is 27.1. The van der Waals surface area contributed by atoms with Crippen molar-refractivity contribution < 1.29 is 55.7 Å². The van der Waals surface area contributed by atoms with Gasteiger partial charge < -0.3 is 20.3 Å².